The van der Waals surface area contributed by atoms with Crippen molar-refractivity contribution in [2.75, 3.05) is 13.2 Å². The highest BCUT2D eigenvalue weighted by Gasteiger charge is 2.39. The molecule has 0 N–H and O–H groups in total. The zero-order valence-corrected chi connectivity index (χ0v) is 7.53. The summed E-state index contributed by atoms with van der Waals surface area (Å²) >= 11 is 0. The predicted molar refractivity (Wildman–Crippen MR) is 47.9 cm³/mol. The number of carbonyl (C=O) groups is 1. The van der Waals surface area contributed by atoms with Gasteiger partial charge in [0.2, 0.25) is 5.91 Å². The van der Waals surface area contributed by atoms with Crippen LogP contribution >= 0.6 is 0 Å². The predicted octanol–water partition coefficient (Wildman–Crippen LogP) is 0.399. The number of rotatable bonds is 1. The molecule has 2 fully saturated rings. The second-order valence-electron chi connectivity index (χ2n) is 3.60. The van der Waals surface area contributed by atoms with E-state index in [1.54, 1.807) is 0 Å². The van der Waals surface area contributed by atoms with Gasteiger partial charge in [-0.2, -0.15) is 0 Å². The first kappa shape index (κ1) is 8.58. The van der Waals surface area contributed by atoms with Crippen molar-refractivity contribution in [1.82, 2.24) is 4.90 Å². The second kappa shape index (κ2) is 3.39. The summed E-state index contributed by atoms with van der Waals surface area (Å²) in [5.74, 6) is 2.50. The fourth-order valence-electron chi connectivity index (χ4n) is 2.21. The molecule has 2 saturated heterocycles. The standard InChI is InChI=1S/C10H13NO2/c1-2-3-10(12)11-8-4-5-9(11)7-13-6-8/h1,8-9H,3-7H2. The minimum atomic E-state index is 0.0956. The van der Waals surface area contributed by atoms with Crippen LogP contribution in [-0.2, 0) is 9.53 Å². The summed E-state index contributed by atoms with van der Waals surface area (Å²) in [6.45, 7) is 1.37. The Balaban J connectivity index is 2.07. The van der Waals surface area contributed by atoms with Crippen LogP contribution in [0.1, 0.15) is 19.3 Å². The van der Waals surface area contributed by atoms with Crippen LogP contribution in [-0.4, -0.2) is 36.1 Å². The van der Waals surface area contributed by atoms with Gasteiger partial charge >= 0.3 is 0 Å². The number of fused-ring (bicyclic) bond motifs is 2. The molecule has 2 rings (SSSR count). The highest BCUT2D eigenvalue weighted by atomic mass is 16.5. The van der Waals surface area contributed by atoms with Crippen molar-refractivity contribution in [1.29, 1.82) is 0 Å². The Bertz CT molecular complexity index is 240. The lowest BCUT2D eigenvalue weighted by Gasteiger charge is -2.34. The number of amides is 1. The van der Waals surface area contributed by atoms with Crippen molar-refractivity contribution >= 4 is 5.91 Å². The molecule has 2 unspecified atom stereocenters. The maximum Gasteiger partial charge on any atom is 0.235 e. The third kappa shape index (κ3) is 1.42. The molecule has 3 heteroatoms. The van der Waals surface area contributed by atoms with Crippen molar-refractivity contribution in [3.8, 4) is 12.3 Å². The topological polar surface area (TPSA) is 29.5 Å². The van der Waals surface area contributed by atoms with Gasteiger partial charge < -0.3 is 9.64 Å². The molecule has 0 spiro atoms. The van der Waals surface area contributed by atoms with E-state index < -0.39 is 0 Å². The molecule has 1 amide bonds. The summed E-state index contributed by atoms with van der Waals surface area (Å²) in [6.07, 6.45) is 7.49. The highest BCUT2D eigenvalue weighted by molar-refractivity contribution is 5.79. The quantitative estimate of drug-likeness (QED) is 0.545. The highest BCUT2D eigenvalue weighted by Crippen LogP contribution is 2.28. The first-order valence-electron chi connectivity index (χ1n) is 4.65. The normalized spacial score (nSPS) is 31.5. The van der Waals surface area contributed by atoms with Crippen LogP contribution in [0.15, 0.2) is 0 Å². The van der Waals surface area contributed by atoms with E-state index in [9.17, 15) is 4.79 Å². The van der Waals surface area contributed by atoms with Gasteiger partial charge in [0.15, 0.2) is 0 Å². The average Bonchev–Trinajstić information content (AvgIpc) is 2.37. The average molecular weight is 179 g/mol. The molecule has 0 aromatic heterocycles. The van der Waals surface area contributed by atoms with Crippen LogP contribution in [0, 0.1) is 12.3 Å². The lowest BCUT2D eigenvalue weighted by atomic mass is 10.2. The van der Waals surface area contributed by atoms with Gasteiger partial charge in [-0.05, 0) is 12.8 Å². The maximum absolute atomic E-state index is 11.6. The number of hydrogen-bond donors (Lipinski definition) is 0. The molecule has 0 radical (unpaired) electrons. The zero-order chi connectivity index (χ0) is 9.26. The molecule has 0 saturated carbocycles. The zero-order valence-electron chi connectivity index (χ0n) is 7.53. The van der Waals surface area contributed by atoms with Crippen LogP contribution in [0.25, 0.3) is 0 Å². The Hall–Kier alpha value is -1.01. The van der Waals surface area contributed by atoms with Gasteiger partial charge in [0.05, 0.1) is 31.7 Å². The first-order valence-corrected chi connectivity index (χ1v) is 4.65. The van der Waals surface area contributed by atoms with Gasteiger partial charge in [0, 0.05) is 0 Å². The molecule has 0 aromatic rings. The van der Waals surface area contributed by atoms with E-state index in [1.165, 1.54) is 0 Å². The Labute approximate surface area is 78.0 Å². The molecule has 2 atom stereocenters. The van der Waals surface area contributed by atoms with E-state index in [-0.39, 0.29) is 12.3 Å². The molecular weight excluding hydrogens is 166 g/mol. The van der Waals surface area contributed by atoms with Crippen molar-refractivity contribution in [3.05, 3.63) is 0 Å². The number of ether oxygens (including phenoxy) is 1. The molecule has 0 aromatic carbocycles. The van der Waals surface area contributed by atoms with Crippen molar-refractivity contribution in [3.63, 3.8) is 0 Å². The number of hydrogen-bond acceptors (Lipinski definition) is 2. The molecule has 13 heavy (non-hydrogen) atoms. The van der Waals surface area contributed by atoms with Crippen LogP contribution < -0.4 is 0 Å². The smallest absolute Gasteiger partial charge is 0.235 e. The van der Waals surface area contributed by atoms with Gasteiger partial charge in [0.25, 0.3) is 0 Å². The summed E-state index contributed by atoms with van der Waals surface area (Å²) < 4.78 is 5.37. The first-order chi connectivity index (χ1) is 6.33. The van der Waals surface area contributed by atoms with E-state index >= 15 is 0 Å². The third-order valence-corrected chi connectivity index (χ3v) is 2.78. The number of nitrogens with zero attached hydrogens (tertiary/aromatic N) is 1. The minimum absolute atomic E-state index is 0.0956. The molecule has 2 aliphatic heterocycles. The van der Waals surface area contributed by atoms with Crippen molar-refractivity contribution in [2.45, 2.75) is 31.3 Å². The maximum atomic E-state index is 11.6. The summed E-state index contributed by atoms with van der Waals surface area (Å²) in [5, 5.41) is 0. The Morgan fingerprint density at radius 2 is 2.08 bits per heavy atom. The second-order valence-corrected chi connectivity index (χ2v) is 3.60. The van der Waals surface area contributed by atoms with E-state index in [4.69, 9.17) is 11.2 Å². The summed E-state index contributed by atoms with van der Waals surface area (Å²) in [7, 11) is 0. The molecule has 0 aliphatic carbocycles. The Morgan fingerprint density at radius 1 is 1.46 bits per heavy atom. The van der Waals surface area contributed by atoms with Crippen LogP contribution in [0.2, 0.25) is 0 Å². The lowest BCUT2D eigenvalue weighted by Crippen LogP contribution is -2.48. The molecule has 2 heterocycles. The van der Waals surface area contributed by atoms with Crippen LogP contribution in [0.5, 0.6) is 0 Å². The van der Waals surface area contributed by atoms with Crippen molar-refractivity contribution < 1.29 is 9.53 Å². The SMILES string of the molecule is C#CCC(=O)N1C2CCC1COC2. The van der Waals surface area contributed by atoms with Gasteiger partial charge in [0.1, 0.15) is 0 Å². The summed E-state index contributed by atoms with van der Waals surface area (Å²) in [6, 6.07) is 0.583. The summed E-state index contributed by atoms with van der Waals surface area (Å²) in [5.41, 5.74) is 0. The Morgan fingerprint density at radius 3 is 2.62 bits per heavy atom. The van der Waals surface area contributed by atoms with E-state index in [2.05, 4.69) is 5.92 Å². The monoisotopic (exact) mass is 179 g/mol. The van der Waals surface area contributed by atoms with Gasteiger partial charge in [-0.3, -0.25) is 4.79 Å². The molecular formula is C10H13NO2. The lowest BCUT2D eigenvalue weighted by molar-refractivity contribution is -0.139. The Kier molecular flexibility index (Phi) is 2.24. The molecule has 70 valence electrons. The molecule has 2 aliphatic rings. The van der Waals surface area contributed by atoms with Crippen LogP contribution in [0.4, 0.5) is 0 Å². The van der Waals surface area contributed by atoms with E-state index in [1.807, 2.05) is 4.90 Å². The fourth-order valence-corrected chi connectivity index (χ4v) is 2.21. The number of morpholine rings is 1. The van der Waals surface area contributed by atoms with Crippen molar-refractivity contribution in [2.24, 2.45) is 0 Å². The number of terminal acetylenes is 1. The molecule has 3 nitrogen and oxygen atoms in total. The van der Waals surface area contributed by atoms with Gasteiger partial charge in [-0.1, -0.05) is 5.92 Å². The van der Waals surface area contributed by atoms with Gasteiger partial charge in [-0.25, -0.2) is 0 Å². The number of carbonyl (C=O) groups excluding carboxylic acids is 1. The molecule has 2 bridgehead atoms. The largest absolute Gasteiger partial charge is 0.377 e. The van der Waals surface area contributed by atoms with E-state index in [0.717, 1.165) is 12.8 Å². The van der Waals surface area contributed by atoms with Gasteiger partial charge in [-0.15, -0.1) is 6.42 Å². The minimum Gasteiger partial charge on any atom is -0.377 e. The summed E-state index contributed by atoms with van der Waals surface area (Å²) in [4.78, 5) is 13.5. The van der Waals surface area contributed by atoms with E-state index in [0.29, 0.717) is 25.3 Å². The fraction of sp³-hybridized carbons (Fsp3) is 0.700. The third-order valence-electron chi connectivity index (χ3n) is 2.78. The van der Waals surface area contributed by atoms with Crippen LogP contribution in [0.3, 0.4) is 0 Å².